The predicted molar refractivity (Wildman–Crippen MR) is 246 cm³/mol. The van der Waals surface area contributed by atoms with Gasteiger partial charge in [-0.05, 0) is 116 Å². The summed E-state index contributed by atoms with van der Waals surface area (Å²) >= 11 is 0. The first-order valence-corrected chi connectivity index (χ1v) is 20.0. The maximum atomic E-state index is 2.48. The van der Waals surface area contributed by atoms with E-state index < -0.39 is 0 Å². The number of rotatable bonds is 5. The fourth-order valence-electron chi connectivity index (χ4n) is 9.48. The van der Waals surface area contributed by atoms with E-state index in [9.17, 15) is 0 Å². The van der Waals surface area contributed by atoms with E-state index in [1.165, 1.54) is 104 Å². The average Bonchev–Trinajstić information content (AvgIpc) is 3.81. The Morgan fingerprint density at radius 2 is 0.707 bits per heavy atom. The van der Waals surface area contributed by atoms with E-state index in [0.717, 1.165) is 5.69 Å². The van der Waals surface area contributed by atoms with Crippen LogP contribution in [0.2, 0.25) is 0 Å². The fourth-order valence-corrected chi connectivity index (χ4v) is 9.48. The molecule has 12 aromatic rings. The predicted octanol–water partition coefficient (Wildman–Crippen LogP) is 15.2. The van der Waals surface area contributed by atoms with Crippen molar-refractivity contribution in [3.05, 3.63) is 218 Å². The van der Waals surface area contributed by atoms with Gasteiger partial charge in [0.2, 0.25) is 0 Å². The summed E-state index contributed by atoms with van der Waals surface area (Å²) in [6.07, 6.45) is 0. The Bertz CT molecular complexity index is 3540. The molecule has 0 saturated heterocycles. The van der Waals surface area contributed by atoms with Crippen molar-refractivity contribution in [2.75, 3.05) is 0 Å². The molecule has 2 nitrogen and oxygen atoms in total. The third-order valence-corrected chi connectivity index (χ3v) is 12.1. The lowest BCUT2D eigenvalue weighted by Gasteiger charge is -2.16. The number of aromatic nitrogens is 2. The van der Waals surface area contributed by atoms with Crippen LogP contribution in [-0.4, -0.2) is 9.13 Å². The number of fused-ring (bicyclic) bond motifs is 8. The normalized spacial score (nSPS) is 11.8. The van der Waals surface area contributed by atoms with Crippen LogP contribution in [-0.2, 0) is 0 Å². The Balaban J connectivity index is 1.17. The highest BCUT2D eigenvalue weighted by Crippen LogP contribution is 2.45. The SMILES string of the molecule is c1ccc(-n2c3ccccc3c3cc(-c4ccc5c(c4)c4cc(-c6cccc7ccccc67)cc(-c6cccc7ccccc67)c4n5-c4ccccc4)ccc32)cc1. The lowest BCUT2D eigenvalue weighted by molar-refractivity contribution is 1.18. The molecule has 12 rings (SSSR count). The summed E-state index contributed by atoms with van der Waals surface area (Å²) < 4.78 is 4.86. The molecule has 0 atom stereocenters. The molecule has 2 aromatic heterocycles. The highest BCUT2D eigenvalue weighted by molar-refractivity contribution is 6.19. The fraction of sp³-hybridized carbons (Fsp3) is 0. The van der Waals surface area contributed by atoms with Crippen LogP contribution in [0.25, 0.3) is 110 Å². The van der Waals surface area contributed by atoms with Gasteiger partial charge in [-0.1, -0.05) is 152 Å². The molecule has 10 aromatic carbocycles. The van der Waals surface area contributed by atoms with Crippen LogP contribution >= 0.6 is 0 Å². The third kappa shape index (κ3) is 4.99. The maximum absolute atomic E-state index is 2.48. The van der Waals surface area contributed by atoms with Crippen molar-refractivity contribution in [1.82, 2.24) is 9.13 Å². The van der Waals surface area contributed by atoms with Crippen LogP contribution in [0.1, 0.15) is 0 Å². The number of hydrogen-bond donors (Lipinski definition) is 0. The van der Waals surface area contributed by atoms with Crippen molar-refractivity contribution in [2.24, 2.45) is 0 Å². The van der Waals surface area contributed by atoms with Crippen molar-refractivity contribution in [3.63, 3.8) is 0 Å². The Morgan fingerprint density at radius 1 is 0.241 bits per heavy atom. The topological polar surface area (TPSA) is 9.86 Å². The number of para-hydroxylation sites is 3. The highest BCUT2D eigenvalue weighted by atomic mass is 15.0. The molecule has 0 saturated carbocycles. The molecule has 0 aliphatic rings. The number of nitrogens with zero attached hydrogens (tertiary/aromatic N) is 2. The molecular formula is C56H36N2. The summed E-state index contributed by atoms with van der Waals surface area (Å²) in [4.78, 5) is 0. The zero-order valence-electron chi connectivity index (χ0n) is 31.7. The molecule has 2 heterocycles. The number of hydrogen-bond acceptors (Lipinski definition) is 0. The second-order valence-electron chi connectivity index (χ2n) is 15.3. The zero-order valence-corrected chi connectivity index (χ0v) is 31.7. The molecule has 58 heavy (non-hydrogen) atoms. The van der Waals surface area contributed by atoms with Crippen LogP contribution < -0.4 is 0 Å². The number of benzene rings is 10. The van der Waals surface area contributed by atoms with E-state index in [4.69, 9.17) is 0 Å². The van der Waals surface area contributed by atoms with Crippen LogP contribution in [0.3, 0.4) is 0 Å². The van der Waals surface area contributed by atoms with Gasteiger partial charge in [0.05, 0.1) is 22.1 Å². The van der Waals surface area contributed by atoms with E-state index in [-0.39, 0.29) is 0 Å². The van der Waals surface area contributed by atoms with E-state index in [1.807, 2.05) is 0 Å². The maximum Gasteiger partial charge on any atom is 0.0620 e. The zero-order chi connectivity index (χ0) is 38.2. The van der Waals surface area contributed by atoms with E-state index >= 15 is 0 Å². The van der Waals surface area contributed by atoms with Crippen molar-refractivity contribution in [3.8, 4) is 44.8 Å². The molecular weight excluding hydrogens is 701 g/mol. The monoisotopic (exact) mass is 736 g/mol. The van der Waals surface area contributed by atoms with Crippen LogP contribution in [0.5, 0.6) is 0 Å². The molecule has 270 valence electrons. The Morgan fingerprint density at radius 3 is 1.38 bits per heavy atom. The molecule has 0 bridgehead atoms. The van der Waals surface area contributed by atoms with Gasteiger partial charge in [-0.25, -0.2) is 0 Å². The molecule has 0 amide bonds. The first-order valence-electron chi connectivity index (χ1n) is 20.0. The molecule has 0 radical (unpaired) electrons. The van der Waals surface area contributed by atoms with Crippen molar-refractivity contribution >= 4 is 65.2 Å². The third-order valence-electron chi connectivity index (χ3n) is 12.1. The van der Waals surface area contributed by atoms with Gasteiger partial charge in [0, 0.05) is 38.5 Å². The lowest BCUT2D eigenvalue weighted by atomic mass is 9.91. The van der Waals surface area contributed by atoms with Crippen LogP contribution in [0, 0.1) is 0 Å². The quantitative estimate of drug-likeness (QED) is 0.167. The standard InChI is InChI=1S/C56H36N2/c1-3-19-42(20-4-1)57-53-28-12-11-25-48(53)49-33-39(29-31-54(49)57)40-30-32-55-50(34-40)52-36-41(46-26-13-17-37-15-7-9-23-44(37)46)35-51(56(52)58(55)43-21-5-2-6-22-43)47-27-14-18-38-16-8-10-24-45(38)47/h1-36H. The van der Waals surface area contributed by atoms with Crippen molar-refractivity contribution < 1.29 is 0 Å². The average molecular weight is 737 g/mol. The van der Waals surface area contributed by atoms with Gasteiger partial charge in [-0.15, -0.1) is 0 Å². The minimum absolute atomic E-state index is 1.14. The van der Waals surface area contributed by atoms with E-state index in [1.54, 1.807) is 0 Å². The molecule has 0 spiro atoms. The minimum atomic E-state index is 1.14. The van der Waals surface area contributed by atoms with Crippen LogP contribution in [0.15, 0.2) is 218 Å². The molecule has 0 aliphatic carbocycles. The minimum Gasteiger partial charge on any atom is -0.309 e. The Labute approximate surface area is 336 Å². The summed E-state index contributed by atoms with van der Waals surface area (Å²) in [6, 6.07) is 80.1. The molecule has 0 aliphatic heterocycles. The lowest BCUT2D eigenvalue weighted by Crippen LogP contribution is -1.96. The van der Waals surface area contributed by atoms with Crippen molar-refractivity contribution in [2.45, 2.75) is 0 Å². The molecule has 0 N–H and O–H groups in total. The largest absolute Gasteiger partial charge is 0.309 e. The van der Waals surface area contributed by atoms with Gasteiger partial charge in [0.25, 0.3) is 0 Å². The van der Waals surface area contributed by atoms with Crippen LogP contribution in [0.4, 0.5) is 0 Å². The second-order valence-corrected chi connectivity index (χ2v) is 15.3. The smallest absolute Gasteiger partial charge is 0.0620 e. The molecule has 0 fully saturated rings. The van der Waals surface area contributed by atoms with E-state index in [0.29, 0.717) is 0 Å². The van der Waals surface area contributed by atoms with Gasteiger partial charge in [-0.2, -0.15) is 0 Å². The molecule has 0 unspecified atom stereocenters. The summed E-state index contributed by atoms with van der Waals surface area (Å²) in [7, 11) is 0. The summed E-state index contributed by atoms with van der Waals surface area (Å²) in [5, 5.41) is 9.94. The van der Waals surface area contributed by atoms with Crippen molar-refractivity contribution in [1.29, 1.82) is 0 Å². The Hall–Kier alpha value is -7.68. The summed E-state index contributed by atoms with van der Waals surface area (Å²) in [6.45, 7) is 0. The van der Waals surface area contributed by atoms with Gasteiger partial charge < -0.3 is 9.13 Å². The van der Waals surface area contributed by atoms with E-state index in [2.05, 4.69) is 228 Å². The second kappa shape index (κ2) is 12.9. The Kier molecular flexibility index (Phi) is 7.26. The van der Waals surface area contributed by atoms with Gasteiger partial charge in [0.15, 0.2) is 0 Å². The molecule has 2 heteroatoms. The van der Waals surface area contributed by atoms with Gasteiger partial charge in [-0.3, -0.25) is 0 Å². The first-order chi connectivity index (χ1) is 28.8. The first kappa shape index (κ1) is 32.6. The summed E-state index contributed by atoms with van der Waals surface area (Å²) in [5.41, 5.74) is 14.4. The van der Waals surface area contributed by atoms with Gasteiger partial charge >= 0.3 is 0 Å². The summed E-state index contributed by atoms with van der Waals surface area (Å²) in [5.74, 6) is 0. The highest BCUT2D eigenvalue weighted by Gasteiger charge is 2.21. The van der Waals surface area contributed by atoms with Gasteiger partial charge in [0.1, 0.15) is 0 Å².